The summed E-state index contributed by atoms with van der Waals surface area (Å²) in [5.41, 5.74) is 1.67. The molecule has 0 heterocycles. The van der Waals surface area contributed by atoms with E-state index in [1.165, 1.54) is 23.1 Å². The first-order valence-corrected chi connectivity index (χ1v) is 15.3. The molecule has 1 unspecified atom stereocenters. The number of nitrogens with one attached hydrogen (secondary N) is 1. The number of nitrogens with zero attached hydrogens (tertiary/aromatic N) is 2. The molecule has 0 aliphatic rings. The van der Waals surface area contributed by atoms with Crippen LogP contribution in [0.15, 0.2) is 77.7 Å². The molecule has 3 aromatic rings. The molecule has 2 amide bonds. The van der Waals surface area contributed by atoms with Crippen molar-refractivity contribution in [3.63, 3.8) is 0 Å². The first-order chi connectivity index (χ1) is 18.9. The Hall–Kier alpha value is -3.07. The molecule has 40 heavy (non-hydrogen) atoms. The summed E-state index contributed by atoms with van der Waals surface area (Å²) in [5.74, 6) is -0.602. The molecule has 0 radical (unpaired) electrons. The molecule has 7 nitrogen and oxygen atoms in total. The number of anilines is 1. The maximum absolute atomic E-state index is 14.1. The molecule has 0 fully saturated rings. The summed E-state index contributed by atoms with van der Waals surface area (Å²) in [6, 6.07) is 19.0. The first kappa shape index (κ1) is 31.5. The van der Waals surface area contributed by atoms with Gasteiger partial charge in [-0.25, -0.2) is 8.42 Å². The second kappa shape index (κ2) is 14.0. The summed E-state index contributed by atoms with van der Waals surface area (Å²) >= 11 is 12.3. The number of halogens is 2. The van der Waals surface area contributed by atoms with Gasteiger partial charge in [-0.15, -0.1) is 0 Å². The number of hydrogen-bond acceptors (Lipinski definition) is 4. The van der Waals surface area contributed by atoms with Gasteiger partial charge in [0.1, 0.15) is 12.6 Å². The van der Waals surface area contributed by atoms with E-state index in [4.69, 9.17) is 23.2 Å². The monoisotopic (exact) mass is 603 g/mol. The van der Waals surface area contributed by atoms with Gasteiger partial charge in [0.2, 0.25) is 11.8 Å². The second-order valence-electron chi connectivity index (χ2n) is 9.97. The quantitative estimate of drug-likeness (QED) is 0.272. The van der Waals surface area contributed by atoms with Crippen LogP contribution >= 0.6 is 23.2 Å². The van der Waals surface area contributed by atoms with Crippen LogP contribution in [-0.2, 0) is 26.2 Å². The zero-order valence-corrected chi connectivity index (χ0v) is 25.4. The smallest absolute Gasteiger partial charge is 0.264 e. The normalized spacial score (nSPS) is 12.2. The summed E-state index contributed by atoms with van der Waals surface area (Å²) in [5, 5.41) is 3.79. The lowest BCUT2D eigenvalue weighted by molar-refractivity contribution is -0.140. The zero-order chi connectivity index (χ0) is 29.4. The van der Waals surface area contributed by atoms with Gasteiger partial charge in [-0.3, -0.25) is 13.9 Å². The Labute approximate surface area is 247 Å². The molecule has 10 heteroatoms. The summed E-state index contributed by atoms with van der Waals surface area (Å²) in [7, 11) is -4.17. The average Bonchev–Trinajstić information content (AvgIpc) is 2.93. The van der Waals surface area contributed by atoms with E-state index in [-0.39, 0.29) is 29.0 Å². The van der Waals surface area contributed by atoms with Gasteiger partial charge >= 0.3 is 0 Å². The van der Waals surface area contributed by atoms with Crippen molar-refractivity contribution >= 4 is 50.7 Å². The Balaban J connectivity index is 2.07. The molecule has 0 spiro atoms. The predicted octanol–water partition coefficient (Wildman–Crippen LogP) is 6.08. The van der Waals surface area contributed by atoms with Crippen molar-refractivity contribution in [3.8, 4) is 0 Å². The van der Waals surface area contributed by atoms with E-state index in [0.717, 1.165) is 9.87 Å². The Kier molecular flexibility index (Phi) is 11.0. The van der Waals surface area contributed by atoms with Crippen molar-refractivity contribution in [2.24, 2.45) is 5.92 Å². The van der Waals surface area contributed by atoms with Crippen molar-refractivity contribution in [2.45, 2.75) is 51.6 Å². The molecule has 1 atom stereocenters. The van der Waals surface area contributed by atoms with Crippen LogP contribution in [0.3, 0.4) is 0 Å². The molecule has 214 valence electrons. The van der Waals surface area contributed by atoms with Crippen molar-refractivity contribution in [1.29, 1.82) is 0 Å². The minimum absolute atomic E-state index is 0.0353. The minimum atomic E-state index is -4.17. The Morgan fingerprint density at radius 3 is 2.15 bits per heavy atom. The third-order valence-corrected chi connectivity index (χ3v) is 8.65. The Morgan fingerprint density at radius 1 is 0.925 bits per heavy atom. The third-order valence-electron chi connectivity index (χ3n) is 6.39. The Bertz CT molecular complexity index is 1410. The van der Waals surface area contributed by atoms with Crippen LogP contribution < -0.4 is 9.62 Å². The molecule has 0 saturated heterocycles. The van der Waals surface area contributed by atoms with Gasteiger partial charge in [-0.05, 0) is 66.8 Å². The number of benzene rings is 3. The van der Waals surface area contributed by atoms with E-state index < -0.39 is 28.5 Å². The van der Waals surface area contributed by atoms with Crippen molar-refractivity contribution in [1.82, 2.24) is 10.2 Å². The molecule has 0 aliphatic carbocycles. The van der Waals surface area contributed by atoms with Crippen LogP contribution in [0.5, 0.6) is 0 Å². The van der Waals surface area contributed by atoms with Crippen molar-refractivity contribution in [2.75, 3.05) is 17.4 Å². The molecular formula is C30H35Cl2N3O4S. The number of aryl methyl sites for hydroxylation is 1. The van der Waals surface area contributed by atoms with E-state index >= 15 is 0 Å². The highest BCUT2D eigenvalue weighted by Gasteiger charge is 2.34. The molecule has 3 aromatic carbocycles. The van der Waals surface area contributed by atoms with Gasteiger partial charge in [0, 0.05) is 23.1 Å². The summed E-state index contributed by atoms with van der Waals surface area (Å²) in [6.07, 6.45) is 0.338. The largest absolute Gasteiger partial charge is 0.354 e. The number of amides is 2. The van der Waals surface area contributed by atoms with E-state index in [1.807, 2.05) is 20.8 Å². The van der Waals surface area contributed by atoms with Crippen LogP contribution in [0.2, 0.25) is 10.0 Å². The van der Waals surface area contributed by atoms with Gasteiger partial charge in [-0.2, -0.15) is 0 Å². The lowest BCUT2D eigenvalue weighted by Crippen LogP contribution is -2.52. The second-order valence-corrected chi connectivity index (χ2v) is 12.7. The van der Waals surface area contributed by atoms with Gasteiger partial charge in [0.15, 0.2) is 0 Å². The number of rotatable bonds is 12. The van der Waals surface area contributed by atoms with Crippen molar-refractivity contribution in [3.05, 3.63) is 94.0 Å². The molecule has 0 saturated carbocycles. The SMILES string of the molecule is CCC(C(=O)NCC(C)C)N(Cc1ccc(Cl)cc1)C(=O)CN(c1cc(Cl)ccc1C)S(=O)(=O)c1ccccc1. The maximum Gasteiger partial charge on any atom is 0.264 e. The van der Waals surface area contributed by atoms with E-state index in [1.54, 1.807) is 61.5 Å². The van der Waals surface area contributed by atoms with Gasteiger partial charge in [0.05, 0.1) is 10.6 Å². The van der Waals surface area contributed by atoms with Crippen molar-refractivity contribution < 1.29 is 18.0 Å². The highest BCUT2D eigenvalue weighted by atomic mass is 35.5. The number of carbonyl (C=O) groups is 2. The van der Waals surface area contributed by atoms with Gasteiger partial charge in [-0.1, -0.05) is 80.4 Å². The fourth-order valence-electron chi connectivity index (χ4n) is 4.21. The average molecular weight is 605 g/mol. The standard InChI is InChI=1S/C30H35Cl2N3O4S/c1-5-27(30(37)33-18-21(2)3)34(19-23-12-15-24(31)16-13-23)29(36)20-35(28-17-25(32)14-11-22(28)4)40(38,39)26-9-7-6-8-10-26/h6-17,21,27H,5,18-20H2,1-4H3,(H,33,37). The first-order valence-electron chi connectivity index (χ1n) is 13.1. The molecular weight excluding hydrogens is 569 g/mol. The summed E-state index contributed by atoms with van der Waals surface area (Å²) in [6.45, 7) is 7.56. The molecule has 0 aromatic heterocycles. The van der Waals surface area contributed by atoms with Gasteiger partial charge < -0.3 is 10.2 Å². The summed E-state index contributed by atoms with van der Waals surface area (Å²) < 4.78 is 28.9. The molecule has 0 aliphatic heterocycles. The number of sulfonamides is 1. The van der Waals surface area contributed by atoms with Crippen LogP contribution in [-0.4, -0.2) is 44.3 Å². The summed E-state index contributed by atoms with van der Waals surface area (Å²) in [4.78, 5) is 28.8. The molecule has 0 bridgehead atoms. The van der Waals surface area contributed by atoms with E-state index in [2.05, 4.69) is 5.32 Å². The predicted molar refractivity (Wildman–Crippen MR) is 161 cm³/mol. The van der Waals surface area contributed by atoms with Crippen LogP contribution in [0.4, 0.5) is 5.69 Å². The number of carbonyl (C=O) groups excluding carboxylic acids is 2. The van der Waals surface area contributed by atoms with Crippen LogP contribution in [0, 0.1) is 12.8 Å². The van der Waals surface area contributed by atoms with Gasteiger partial charge in [0.25, 0.3) is 10.0 Å². The fraction of sp³-hybridized carbons (Fsp3) is 0.333. The maximum atomic E-state index is 14.1. The number of hydrogen-bond donors (Lipinski definition) is 1. The lowest BCUT2D eigenvalue weighted by atomic mass is 10.1. The van der Waals surface area contributed by atoms with Crippen LogP contribution in [0.1, 0.15) is 38.3 Å². The highest BCUT2D eigenvalue weighted by Crippen LogP contribution is 2.30. The molecule has 3 rings (SSSR count). The molecule has 1 N–H and O–H groups in total. The zero-order valence-electron chi connectivity index (χ0n) is 23.1. The highest BCUT2D eigenvalue weighted by molar-refractivity contribution is 7.92. The fourth-order valence-corrected chi connectivity index (χ4v) is 6.00. The van der Waals surface area contributed by atoms with E-state index in [9.17, 15) is 18.0 Å². The third kappa shape index (κ3) is 7.99. The Morgan fingerprint density at radius 2 is 1.55 bits per heavy atom. The topological polar surface area (TPSA) is 86.8 Å². The van der Waals surface area contributed by atoms with E-state index in [0.29, 0.717) is 28.6 Å². The minimum Gasteiger partial charge on any atom is -0.354 e. The lowest BCUT2D eigenvalue weighted by Gasteiger charge is -2.33. The van der Waals surface area contributed by atoms with Crippen LogP contribution in [0.25, 0.3) is 0 Å².